The van der Waals surface area contributed by atoms with Gasteiger partial charge < -0.3 is 15.7 Å². The fraction of sp³-hybridized carbons (Fsp3) is 0.308. The predicted octanol–water partition coefficient (Wildman–Crippen LogP) is 1.11. The van der Waals surface area contributed by atoms with E-state index in [1.54, 1.807) is 24.3 Å². The van der Waals surface area contributed by atoms with Gasteiger partial charge in [0.2, 0.25) is 0 Å². The van der Waals surface area contributed by atoms with Crippen LogP contribution in [-0.2, 0) is 10.5 Å². The number of anilines is 1. The number of hydrogen-bond donors (Lipinski definition) is 4. The normalized spacial score (nSPS) is 20.5. The Morgan fingerprint density at radius 3 is 2.86 bits per heavy atom. The van der Waals surface area contributed by atoms with E-state index in [1.807, 2.05) is 6.92 Å². The van der Waals surface area contributed by atoms with Crippen LogP contribution in [0.5, 0.6) is 0 Å². The molecule has 1 heterocycles. The second kappa shape index (κ2) is 5.74. The Bertz CT molecular complexity index is 607. The maximum absolute atomic E-state index is 12.4. The summed E-state index contributed by atoms with van der Waals surface area (Å²) in [4.78, 5) is 25.2. The van der Waals surface area contributed by atoms with Crippen LogP contribution in [-0.4, -0.2) is 39.9 Å². The first-order chi connectivity index (χ1) is 9.91. The highest BCUT2D eigenvalue weighted by Gasteiger charge is 2.49. The minimum atomic E-state index is -2.15. The fourth-order valence-corrected chi connectivity index (χ4v) is 2.52. The molecule has 112 valence electrons. The predicted molar refractivity (Wildman–Crippen MR) is 81.1 cm³/mol. The molecule has 1 unspecified atom stereocenters. The number of hydrogen-bond acceptors (Lipinski definition) is 5. The maximum Gasteiger partial charge on any atom is 0.324 e. The number of likely N-dealkylation sites (N-methyl/N-ethyl adjacent to an activating group) is 1. The lowest BCUT2D eigenvalue weighted by Crippen LogP contribution is -2.61. The minimum Gasteiger partial charge on any atom is -0.359 e. The Morgan fingerprint density at radius 1 is 1.52 bits per heavy atom. The van der Waals surface area contributed by atoms with E-state index < -0.39 is 17.7 Å². The summed E-state index contributed by atoms with van der Waals surface area (Å²) in [5, 5.41) is 23.2. The average Bonchev–Trinajstić information content (AvgIpc) is 2.45. The highest BCUT2D eigenvalue weighted by Crippen LogP contribution is 2.35. The van der Waals surface area contributed by atoms with Crippen LogP contribution in [0.2, 0.25) is 0 Å². The molecule has 8 heteroatoms. The second-order valence-corrected chi connectivity index (χ2v) is 5.70. The van der Waals surface area contributed by atoms with Crippen molar-refractivity contribution in [2.45, 2.75) is 12.6 Å². The van der Waals surface area contributed by atoms with Gasteiger partial charge >= 0.3 is 6.03 Å². The van der Waals surface area contributed by atoms with E-state index in [4.69, 9.17) is 5.41 Å². The van der Waals surface area contributed by atoms with Gasteiger partial charge in [0.25, 0.3) is 11.6 Å². The largest absolute Gasteiger partial charge is 0.359 e. The smallest absolute Gasteiger partial charge is 0.324 e. The molecule has 1 aliphatic rings. The zero-order valence-electron chi connectivity index (χ0n) is 11.6. The van der Waals surface area contributed by atoms with Crippen molar-refractivity contribution in [1.82, 2.24) is 10.2 Å². The van der Waals surface area contributed by atoms with Crippen molar-refractivity contribution in [3.63, 3.8) is 0 Å². The molecule has 0 bridgehead atoms. The van der Waals surface area contributed by atoms with Gasteiger partial charge in [-0.3, -0.25) is 15.1 Å². The minimum absolute atomic E-state index is 0.0761. The molecule has 4 N–H and O–H groups in total. The number of para-hydroxylation sites is 1. The van der Waals surface area contributed by atoms with Crippen molar-refractivity contribution in [2.75, 3.05) is 18.1 Å². The molecule has 0 saturated carbocycles. The van der Waals surface area contributed by atoms with E-state index in [2.05, 4.69) is 10.6 Å². The van der Waals surface area contributed by atoms with Gasteiger partial charge in [-0.2, -0.15) is 0 Å². The lowest BCUT2D eigenvalue weighted by atomic mass is 9.96. The fourth-order valence-electron chi connectivity index (χ4n) is 2.07. The highest BCUT2D eigenvalue weighted by molar-refractivity contribution is 8.13. The Hall–Kier alpha value is -2.06. The van der Waals surface area contributed by atoms with Crippen LogP contribution < -0.4 is 10.6 Å². The number of nitrogens with zero attached hydrogens (tertiary/aromatic N) is 1. The quantitative estimate of drug-likeness (QED) is 0.485. The van der Waals surface area contributed by atoms with Crippen molar-refractivity contribution in [1.29, 1.82) is 5.41 Å². The maximum atomic E-state index is 12.4. The lowest BCUT2D eigenvalue weighted by Gasteiger charge is -2.40. The summed E-state index contributed by atoms with van der Waals surface area (Å²) >= 11 is 1.13. The molecule has 1 aliphatic heterocycles. The molecule has 1 aromatic rings. The molecule has 0 aliphatic carbocycles. The summed E-state index contributed by atoms with van der Waals surface area (Å²) in [6, 6.07) is 5.92. The number of carbonyl (C=O) groups excluding carboxylic acids is 2. The number of rotatable bonds is 2. The number of fused-ring (bicyclic) bond motifs is 1. The molecule has 1 atom stereocenters. The van der Waals surface area contributed by atoms with Crippen LogP contribution in [0, 0.1) is 5.41 Å². The molecule has 0 saturated heterocycles. The van der Waals surface area contributed by atoms with Gasteiger partial charge in [0.05, 0.1) is 5.69 Å². The van der Waals surface area contributed by atoms with E-state index in [0.29, 0.717) is 11.4 Å². The first-order valence-electron chi connectivity index (χ1n) is 6.30. The molecule has 0 spiro atoms. The Labute approximate surface area is 126 Å². The number of benzene rings is 1. The standard InChI is InChI=1S/C13H16N4O3S/c1-3-21-11(14)16-10(18)13(20)8-6-4-5-7-9(8)15-12(19)17(13)2/h4-7,20H,3H2,1-2H3,(H,15,19)(H2,14,16,18). The van der Waals surface area contributed by atoms with Crippen molar-refractivity contribution in [2.24, 2.45) is 0 Å². The van der Waals surface area contributed by atoms with Gasteiger partial charge in [-0.15, -0.1) is 0 Å². The SMILES string of the molecule is CCSC(=N)NC(=O)C1(O)c2ccccc2NC(=O)N1C. The Balaban J connectivity index is 2.40. The third-order valence-corrected chi connectivity index (χ3v) is 3.85. The zero-order valence-corrected chi connectivity index (χ0v) is 12.5. The van der Waals surface area contributed by atoms with Gasteiger partial charge in [0.15, 0.2) is 5.17 Å². The summed E-state index contributed by atoms with van der Waals surface area (Å²) in [7, 11) is 1.32. The first kappa shape index (κ1) is 15.3. The van der Waals surface area contributed by atoms with E-state index in [1.165, 1.54) is 7.05 Å². The summed E-state index contributed by atoms with van der Waals surface area (Å²) in [6.07, 6.45) is 0. The van der Waals surface area contributed by atoms with Gasteiger partial charge in [0.1, 0.15) is 0 Å². The number of thioether (sulfide) groups is 1. The summed E-state index contributed by atoms with van der Waals surface area (Å²) in [5.74, 6) is -0.219. The van der Waals surface area contributed by atoms with Crippen molar-refractivity contribution >= 4 is 34.6 Å². The number of urea groups is 1. The topological polar surface area (TPSA) is 106 Å². The van der Waals surface area contributed by atoms with Crippen molar-refractivity contribution < 1.29 is 14.7 Å². The molecule has 3 amide bonds. The molecule has 0 radical (unpaired) electrons. The average molecular weight is 308 g/mol. The lowest BCUT2D eigenvalue weighted by molar-refractivity contribution is -0.155. The summed E-state index contributed by atoms with van der Waals surface area (Å²) in [6.45, 7) is 1.84. The van der Waals surface area contributed by atoms with Crippen LogP contribution in [0.15, 0.2) is 24.3 Å². The van der Waals surface area contributed by atoms with Crippen molar-refractivity contribution in [3.8, 4) is 0 Å². The van der Waals surface area contributed by atoms with E-state index in [0.717, 1.165) is 16.7 Å². The first-order valence-corrected chi connectivity index (χ1v) is 7.29. The van der Waals surface area contributed by atoms with Crippen molar-refractivity contribution in [3.05, 3.63) is 29.8 Å². The number of aliphatic hydroxyl groups is 1. The third-order valence-electron chi connectivity index (χ3n) is 3.17. The number of amidine groups is 1. The van der Waals surface area contributed by atoms with Gasteiger partial charge in [0, 0.05) is 12.6 Å². The molecule has 0 aromatic heterocycles. The van der Waals surface area contributed by atoms with Crippen LogP contribution in [0.3, 0.4) is 0 Å². The highest BCUT2D eigenvalue weighted by atomic mass is 32.2. The van der Waals surface area contributed by atoms with Crippen LogP contribution in [0.1, 0.15) is 12.5 Å². The monoisotopic (exact) mass is 308 g/mol. The van der Waals surface area contributed by atoms with Crippen LogP contribution in [0.25, 0.3) is 0 Å². The number of carbonyl (C=O) groups is 2. The number of amides is 3. The van der Waals surface area contributed by atoms with Gasteiger partial charge in [-0.1, -0.05) is 36.9 Å². The van der Waals surface area contributed by atoms with Crippen LogP contribution in [0.4, 0.5) is 10.5 Å². The van der Waals surface area contributed by atoms with Crippen LogP contribution >= 0.6 is 11.8 Å². The molecule has 0 fully saturated rings. The summed E-state index contributed by atoms with van der Waals surface area (Å²) in [5.41, 5.74) is -1.52. The van der Waals surface area contributed by atoms with E-state index >= 15 is 0 Å². The molecule has 21 heavy (non-hydrogen) atoms. The Morgan fingerprint density at radius 2 is 2.19 bits per heavy atom. The third kappa shape index (κ3) is 2.59. The Kier molecular flexibility index (Phi) is 4.19. The van der Waals surface area contributed by atoms with Gasteiger partial charge in [-0.25, -0.2) is 4.79 Å². The zero-order chi connectivity index (χ0) is 15.6. The molecular weight excluding hydrogens is 292 g/mol. The van der Waals surface area contributed by atoms with E-state index in [-0.39, 0.29) is 10.7 Å². The van der Waals surface area contributed by atoms with Gasteiger partial charge in [-0.05, 0) is 11.8 Å². The molecular formula is C13H16N4O3S. The van der Waals surface area contributed by atoms with E-state index in [9.17, 15) is 14.7 Å². The second-order valence-electron chi connectivity index (χ2n) is 4.42. The number of nitrogens with one attached hydrogen (secondary N) is 3. The molecule has 7 nitrogen and oxygen atoms in total. The molecule has 2 rings (SSSR count). The summed E-state index contributed by atoms with van der Waals surface area (Å²) < 4.78 is 0. The molecule has 1 aromatic carbocycles.